The lowest BCUT2D eigenvalue weighted by atomic mass is 10.0. The number of nitrogens with one attached hydrogen (secondary N) is 1. The maximum Gasteiger partial charge on any atom is 0.251 e. The van der Waals surface area contributed by atoms with Crippen molar-refractivity contribution in [2.75, 3.05) is 12.4 Å². The van der Waals surface area contributed by atoms with Gasteiger partial charge < -0.3 is 5.32 Å². The van der Waals surface area contributed by atoms with Crippen molar-refractivity contribution in [3.63, 3.8) is 0 Å². The average Bonchev–Trinajstić information content (AvgIpc) is 2.18. The van der Waals surface area contributed by atoms with E-state index in [0.29, 0.717) is 12.4 Å². The first-order valence-corrected chi connectivity index (χ1v) is 5.10. The Bertz CT molecular complexity index is 336. The minimum absolute atomic E-state index is 0.0492. The number of benzene rings is 1. The molecule has 3 heteroatoms. The number of halogens is 1. The highest BCUT2D eigenvalue weighted by molar-refractivity contribution is 6.18. The van der Waals surface area contributed by atoms with Crippen LogP contribution in [-0.2, 0) is 0 Å². The fourth-order valence-electron chi connectivity index (χ4n) is 1.25. The Labute approximate surface area is 89.3 Å². The third-order valence-electron chi connectivity index (χ3n) is 2.23. The van der Waals surface area contributed by atoms with E-state index in [-0.39, 0.29) is 5.91 Å². The molecule has 0 aliphatic carbocycles. The molecule has 1 aromatic carbocycles. The molecule has 0 unspecified atom stereocenters. The van der Waals surface area contributed by atoms with Crippen LogP contribution < -0.4 is 5.32 Å². The van der Waals surface area contributed by atoms with E-state index in [0.717, 1.165) is 16.7 Å². The number of carbonyl (C=O) groups is 1. The summed E-state index contributed by atoms with van der Waals surface area (Å²) >= 11 is 5.49. The minimum Gasteiger partial charge on any atom is -0.351 e. The Kier molecular flexibility index (Phi) is 3.96. The van der Waals surface area contributed by atoms with E-state index < -0.39 is 0 Å². The molecule has 0 radical (unpaired) electrons. The van der Waals surface area contributed by atoms with Crippen LogP contribution in [0, 0.1) is 13.8 Å². The molecule has 1 amide bonds. The van der Waals surface area contributed by atoms with Gasteiger partial charge in [-0.05, 0) is 31.0 Å². The van der Waals surface area contributed by atoms with Crippen LogP contribution in [0.4, 0.5) is 0 Å². The summed E-state index contributed by atoms with van der Waals surface area (Å²) in [4.78, 5) is 11.6. The lowest BCUT2D eigenvalue weighted by molar-refractivity contribution is 0.0955. The van der Waals surface area contributed by atoms with Crippen molar-refractivity contribution in [1.29, 1.82) is 0 Å². The lowest BCUT2D eigenvalue weighted by Gasteiger charge is -2.08. The molecule has 0 heterocycles. The number of rotatable bonds is 3. The molecule has 0 saturated carbocycles. The predicted octanol–water partition coefficient (Wildman–Crippen LogP) is 2.27. The van der Waals surface area contributed by atoms with Gasteiger partial charge in [-0.2, -0.15) is 0 Å². The van der Waals surface area contributed by atoms with Gasteiger partial charge in [0, 0.05) is 18.0 Å². The molecule has 0 aromatic heterocycles. The summed E-state index contributed by atoms with van der Waals surface area (Å²) in [5, 5.41) is 2.75. The molecule has 0 aliphatic heterocycles. The molecule has 0 saturated heterocycles. The van der Waals surface area contributed by atoms with Crippen molar-refractivity contribution in [3.05, 3.63) is 34.9 Å². The Balaban J connectivity index is 2.84. The van der Waals surface area contributed by atoms with E-state index in [1.54, 1.807) is 0 Å². The standard InChI is InChI=1S/C11H14ClNO/c1-8-4-3-5-10(9(8)2)11(14)13-7-6-12/h3-5H,6-7H2,1-2H3,(H,13,14). The van der Waals surface area contributed by atoms with Crippen LogP contribution in [0.2, 0.25) is 0 Å². The summed E-state index contributed by atoms with van der Waals surface area (Å²) in [6, 6.07) is 5.71. The van der Waals surface area contributed by atoms with Gasteiger partial charge >= 0.3 is 0 Å². The zero-order valence-electron chi connectivity index (χ0n) is 8.43. The SMILES string of the molecule is Cc1cccc(C(=O)NCCCl)c1C. The summed E-state index contributed by atoms with van der Waals surface area (Å²) in [5.41, 5.74) is 2.89. The van der Waals surface area contributed by atoms with Crippen molar-refractivity contribution < 1.29 is 4.79 Å². The van der Waals surface area contributed by atoms with Crippen LogP contribution in [-0.4, -0.2) is 18.3 Å². The number of aryl methyl sites for hydroxylation is 1. The Hall–Kier alpha value is -1.02. The van der Waals surface area contributed by atoms with Gasteiger partial charge in [-0.15, -0.1) is 11.6 Å². The normalized spacial score (nSPS) is 9.93. The number of carbonyl (C=O) groups excluding carboxylic acids is 1. The van der Waals surface area contributed by atoms with Crippen molar-refractivity contribution in [3.8, 4) is 0 Å². The summed E-state index contributed by atoms with van der Waals surface area (Å²) in [5.74, 6) is 0.392. The fraction of sp³-hybridized carbons (Fsp3) is 0.364. The van der Waals surface area contributed by atoms with Gasteiger partial charge in [-0.25, -0.2) is 0 Å². The largest absolute Gasteiger partial charge is 0.351 e. The lowest BCUT2D eigenvalue weighted by Crippen LogP contribution is -2.26. The number of alkyl halides is 1. The van der Waals surface area contributed by atoms with E-state index in [4.69, 9.17) is 11.6 Å². The van der Waals surface area contributed by atoms with Crippen LogP contribution in [0.15, 0.2) is 18.2 Å². The summed E-state index contributed by atoms with van der Waals surface area (Å²) < 4.78 is 0. The average molecular weight is 212 g/mol. The second-order valence-electron chi connectivity index (χ2n) is 3.19. The van der Waals surface area contributed by atoms with Gasteiger partial charge in [0.2, 0.25) is 0 Å². The smallest absolute Gasteiger partial charge is 0.251 e. The van der Waals surface area contributed by atoms with E-state index in [9.17, 15) is 4.79 Å². The summed E-state index contributed by atoms with van der Waals surface area (Å²) in [6.45, 7) is 4.45. The Morgan fingerprint density at radius 1 is 1.43 bits per heavy atom. The number of amides is 1. The van der Waals surface area contributed by atoms with Crippen molar-refractivity contribution in [2.24, 2.45) is 0 Å². The van der Waals surface area contributed by atoms with Crippen LogP contribution in [0.3, 0.4) is 0 Å². The molecule has 1 N–H and O–H groups in total. The maximum atomic E-state index is 11.6. The summed E-state index contributed by atoms with van der Waals surface area (Å²) in [6.07, 6.45) is 0. The van der Waals surface area contributed by atoms with E-state index in [1.165, 1.54) is 0 Å². The van der Waals surface area contributed by atoms with E-state index >= 15 is 0 Å². The quantitative estimate of drug-likeness (QED) is 0.764. The van der Waals surface area contributed by atoms with Crippen molar-refractivity contribution in [2.45, 2.75) is 13.8 Å². The molecule has 76 valence electrons. The zero-order chi connectivity index (χ0) is 10.6. The highest BCUT2D eigenvalue weighted by atomic mass is 35.5. The van der Waals surface area contributed by atoms with Gasteiger partial charge in [-0.1, -0.05) is 12.1 Å². The summed E-state index contributed by atoms with van der Waals surface area (Å²) in [7, 11) is 0. The topological polar surface area (TPSA) is 29.1 Å². The van der Waals surface area contributed by atoms with Crippen LogP contribution in [0.25, 0.3) is 0 Å². The molecular formula is C11H14ClNO. The van der Waals surface area contributed by atoms with Gasteiger partial charge in [0.15, 0.2) is 0 Å². The molecule has 1 aromatic rings. The maximum absolute atomic E-state index is 11.6. The third kappa shape index (κ3) is 2.48. The van der Waals surface area contributed by atoms with Crippen LogP contribution in [0.1, 0.15) is 21.5 Å². The first-order chi connectivity index (χ1) is 6.66. The van der Waals surface area contributed by atoms with E-state index in [2.05, 4.69) is 5.32 Å². The number of hydrogen-bond donors (Lipinski definition) is 1. The predicted molar refractivity (Wildman–Crippen MR) is 59.0 cm³/mol. The van der Waals surface area contributed by atoms with Crippen molar-refractivity contribution in [1.82, 2.24) is 5.32 Å². The van der Waals surface area contributed by atoms with Crippen molar-refractivity contribution >= 4 is 17.5 Å². The molecule has 0 fully saturated rings. The molecule has 0 bridgehead atoms. The monoisotopic (exact) mass is 211 g/mol. The zero-order valence-corrected chi connectivity index (χ0v) is 9.19. The van der Waals surface area contributed by atoms with Crippen LogP contribution in [0.5, 0.6) is 0 Å². The molecule has 0 atom stereocenters. The highest BCUT2D eigenvalue weighted by Crippen LogP contribution is 2.12. The molecule has 0 spiro atoms. The molecular weight excluding hydrogens is 198 g/mol. The van der Waals surface area contributed by atoms with E-state index in [1.807, 2.05) is 32.0 Å². The Morgan fingerprint density at radius 3 is 2.79 bits per heavy atom. The second-order valence-corrected chi connectivity index (χ2v) is 3.57. The highest BCUT2D eigenvalue weighted by Gasteiger charge is 2.08. The molecule has 14 heavy (non-hydrogen) atoms. The number of hydrogen-bond acceptors (Lipinski definition) is 1. The first-order valence-electron chi connectivity index (χ1n) is 4.57. The van der Waals surface area contributed by atoms with Gasteiger partial charge in [-0.3, -0.25) is 4.79 Å². The van der Waals surface area contributed by atoms with Gasteiger partial charge in [0.05, 0.1) is 0 Å². The molecule has 1 rings (SSSR count). The minimum atomic E-state index is -0.0492. The molecule has 2 nitrogen and oxygen atoms in total. The third-order valence-corrected chi connectivity index (χ3v) is 2.42. The second kappa shape index (κ2) is 5.01. The Morgan fingerprint density at radius 2 is 2.14 bits per heavy atom. The van der Waals surface area contributed by atoms with Gasteiger partial charge in [0.1, 0.15) is 0 Å². The fourth-order valence-corrected chi connectivity index (χ4v) is 1.35. The molecule has 0 aliphatic rings. The van der Waals surface area contributed by atoms with Crippen LogP contribution >= 0.6 is 11.6 Å². The first kappa shape index (κ1) is 11.1. The van der Waals surface area contributed by atoms with Gasteiger partial charge in [0.25, 0.3) is 5.91 Å².